The van der Waals surface area contributed by atoms with Gasteiger partial charge in [-0.3, -0.25) is 0 Å². The Morgan fingerprint density at radius 1 is 0.600 bits per heavy atom. The maximum absolute atomic E-state index is 3.57. The van der Waals surface area contributed by atoms with Crippen molar-refractivity contribution in [3.8, 4) is 11.4 Å². The van der Waals surface area contributed by atoms with E-state index in [2.05, 4.69) is 58.5 Å². The van der Waals surface area contributed by atoms with Crippen LogP contribution in [0.3, 0.4) is 0 Å². The molecule has 3 heterocycles. The summed E-state index contributed by atoms with van der Waals surface area (Å²) in [5, 5.41) is 2.62. The van der Waals surface area contributed by atoms with Crippen molar-refractivity contribution in [1.82, 2.24) is 9.97 Å². The number of nitrogens with one attached hydrogen (secondary N) is 2. The number of rotatable bonds is 0. The average Bonchev–Trinajstić information content (AvgIpc) is 3.05. The zero-order chi connectivity index (χ0) is 13.1. The van der Waals surface area contributed by atoms with Crippen molar-refractivity contribution in [1.29, 1.82) is 0 Å². The second-order valence-electron chi connectivity index (χ2n) is 4.92. The molecule has 2 N–H and O–H groups in total. The Balaban J connectivity index is 1.91. The number of H-pyrrole nitrogens is 2. The van der Waals surface area contributed by atoms with E-state index >= 15 is 0 Å². The van der Waals surface area contributed by atoms with Gasteiger partial charge in [-0.1, -0.05) is 36.4 Å². The molecule has 0 atom stereocenters. The fraction of sp³-hybridized carbons (Fsp3) is 0. The van der Waals surface area contributed by atoms with E-state index in [9.17, 15) is 0 Å². The Bertz CT molecular complexity index is 885. The Morgan fingerprint density at radius 2 is 1.05 bits per heavy atom. The number of para-hydroxylation sites is 2. The third-order valence-corrected chi connectivity index (χ3v) is 6.29. The van der Waals surface area contributed by atoms with E-state index in [4.69, 9.17) is 0 Å². The maximum Gasteiger partial charge on any atom is 0.0789 e. The van der Waals surface area contributed by atoms with Crippen molar-refractivity contribution in [2.24, 2.45) is 0 Å². The predicted octanol–water partition coefficient (Wildman–Crippen LogP) is 5.43. The summed E-state index contributed by atoms with van der Waals surface area (Å²) in [5.41, 5.74) is 4.86. The first-order valence-electron chi connectivity index (χ1n) is 6.48. The minimum atomic E-state index is 1.21. The van der Waals surface area contributed by atoms with Crippen molar-refractivity contribution < 1.29 is 0 Å². The lowest BCUT2D eigenvalue weighted by atomic mass is 10.2. The highest BCUT2D eigenvalue weighted by atomic mass is 33.1. The lowest BCUT2D eigenvalue weighted by molar-refractivity contribution is 1.30. The zero-order valence-corrected chi connectivity index (χ0v) is 12.1. The van der Waals surface area contributed by atoms with Gasteiger partial charge < -0.3 is 9.97 Å². The minimum Gasteiger partial charge on any atom is -0.352 e. The number of fused-ring (bicyclic) bond motifs is 7. The highest BCUT2D eigenvalue weighted by Crippen LogP contribution is 2.55. The van der Waals surface area contributed by atoms with Gasteiger partial charge in [0.1, 0.15) is 0 Å². The topological polar surface area (TPSA) is 31.6 Å². The molecule has 1 aliphatic heterocycles. The summed E-state index contributed by atoms with van der Waals surface area (Å²) in [6, 6.07) is 17.0. The molecule has 0 fully saturated rings. The van der Waals surface area contributed by atoms with Crippen molar-refractivity contribution in [3.63, 3.8) is 0 Å². The number of hydrogen-bond donors (Lipinski definition) is 2. The van der Waals surface area contributed by atoms with Gasteiger partial charge in [-0.25, -0.2) is 0 Å². The quantitative estimate of drug-likeness (QED) is 0.424. The molecule has 0 aliphatic carbocycles. The third-order valence-electron chi connectivity index (χ3n) is 3.78. The molecule has 0 bridgehead atoms. The van der Waals surface area contributed by atoms with Crippen LogP contribution in [0, 0.1) is 0 Å². The van der Waals surface area contributed by atoms with Crippen LogP contribution in [0.25, 0.3) is 33.2 Å². The first-order valence-corrected chi connectivity index (χ1v) is 8.63. The van der Waals surface area contributed by atoms with Gasteiger partial charge in [0.05, 0.1) is 21.2 Å². The minimum absolute atomic E-state index is 1.21. The second-order valence-corrected chi connectivity index (χ2v) is 7.07. The molecule has 0 spiro atoms. The van der Waals surface area contributed by atoms with Gasteiger partial charge in [0, 0.05) is 21.8 Å². The Morgan fingerprint density at radius 3 is 1.55 bits per heavy atom. The molecule has 96 valence electrons. The lowest BCUT2D eigenvalue weighted by Gasteiger charge is -2.11. The Labute approximate surface area is 123 Å². The number of benzene rings is 2. The van der Waals surface area contributed by atoms with Crippen LogP contribution in [-0.4, -0.2) is 9.97 Å². The number of aromatic amines is 2. The molecule has 5 rings (SSSR count). The number of hydrogen-bond acceptors (Lipinski definition) is 2. The lowest BCUT2D eigenvalue weighted by Crippen LogP contribution is -1.85. The van der Waals surface area contributed by atoms with Gasteiger partial charge in [-0.15, -0.1) is 0 Å². The van der Waals surface area contributed by atoms with Crippen LogP contribution >= 0.6 is 21.6 Å². The Hall–Kier alpha value is -1.78. The fourth-order valence-corrected chi connectivity index (χ4v) is 5.55. The molecule has 2 aromatic heterocycles. The van der Waals surface area contributed by atoms with Gasteiger partial charge in [-0.05, 0) is 33.7 Å². The molecule has 0 unspecified atom stereocenters. The summed E-state index contributed by atoms with van der Waals surface area (Å²) < 4.78 is 0. The molecule has 0 radical (unpaired) electrons. The van der Waals surface area contributed by atoms with E-state index in [1.165, 1.54) is 43.0 Å². The van der Waals surface area contributed by atoms with Crippen molar-refractivity contribution in [2.45, 2.75) is 9.79 Å². The molecule has 2 aromatic carbocycles. The van der Waals surface area contributed by atoms with Crippen LogP contribution in [-0.2, 0) is 0 Å². The van der Waals surface area contributed by atoms with E-state index in [0.29, 0.717) is 0 Å². The molecule has 0 saturated heterocycles. The highest BCUT2D eigenvalue weighted by Gasteiger charge is 2.25. The van der Waals surface area contributed by atoms with Gasteiger partial charge in [0.25, 0.3) is 0 Å². The van der Waals surface area contributed by atoms with E-state index in [1.54, 1.807) is 0 Å². The molecule has 2 nitrogen and oxygen atoms in total. The Kier molecular flexibility index (Phi) is 2.12. The second kappa shape index (κ2) is 3.87. The smallest absolute Gasteiger partial charge is 0.0789 e. The van der Waals surface area contributed by atoms with E-state index < -0.39 is 0 Å². The highest BCUT2D eigenvalue weighted by molar-refractivity contribution is 8.77. The summed E-state index contributed by atoms with van der Waals surface area (Å²) in [5.74, 6) is 0. The summed E-state index contributed by atoms with van der Waals surface area (Å²) in [4.78, 5) is 9.81. The summed E-state index contributed by atoms with van der Waals surface area (Å²) in [7, 11) is 3.70. The van der Waals surface area contributed by atoms with E-state index in [-0.39, 0.29) is 0 Å². The summed E-state index contributed by atoms with van der Waals surface area (Å²) >= 11 is 0. The fourth-order valence-electron chi connectivity index (χ4n) is 2.84. The molecular formula is C16H10N2S2. The predicted molar refractivity (Wildman–Crippen MR) is 87.3 cm³/mol. The van der Waals surface area contributed by atoms with Gasteiger partial charge in [-0.2, -0.15) is 0 Å². The third kappa shape index (κ3) is 1.33. The van der Waals surface area contributed by atoms with Crippen LogP contribution < -0.4 is 0 Å². The van der Waals surface area contributed by atoms with Gasteiger partial charge in [0.15, 0.2) is 0 Å². The van der Waals surface area contributed by atoms with Crippen LogP contribution in [0.2, 0.25) is 0 Å². The molecule has 4 aromatic rings. The van der Waals surface area contributed by atoms with E-state index in [0.717, 1.165) is 0 Å². The van der Waals surface area contributed by atoms with Crippen molar-refractivity contribution in [3.05, 3.63) is 48.5 Å². The SMILES string of the molecule is c1ccc2c3c([nH]c2c1)-c1[nH]c2ccccc2c1SS3. The molecule has 0 amide bonds. The molecule has 20 heavy (non-hydrogen) atoms. The summed E-state index contributed by atoms with van der Waals surface area (Å²) in [6.45, 7) is 0. The molecule has 4 heteroatoms. The normalized spacial score (nSPS) is 13.6. The maximum atomic E-state index is 3.57. The van der Waals surface area contributed by atoms with Crippen LogP contribution in [0.4, 0.5) is 0 Å². The van der Waals surface area contributed by atoms with E-state index in [1.807, 2.05) is 21.6 Å². The standard InChI is InChI=1S/C16H10N2S2/c1-3-7-11-9(5-1)15-13(17-11)14-16(20-19-15)10-6-2-4-8-12(10)18-14/h1-8,17-18H. The monoisotopic (exact) mass is 294 g/mol. The molecule has 1 aliphatic rings. The van der Waals surface area contributed by atoms with Crippen LogP contribution in [0.1, 0.15) is 0 Å². The first kappa shape index (κ1) is 10.9. The summed E-state index contributed by atoms with van der Waals surface area (Å²) in [6.07, 6.45) is 0. The average molecular weight is 294 g/mol. The van der Waals surface area contributed by atoms with Gasteiger partial charge in [0.2, 0.25) is 0 Å². The van der Waals surface area contributed by atoms with Crippen LogP contribution in [0.15, 0.2) is 58.3 Å². The van der Waals surface area contributed by atoms with Gasteiger partial charge >= 0.3 is 0 Å². The number of aromatic nitrogens is 2. The molecule has 0 saturated carbocycles. The first-order chi connectivity index (χ1) is 9.92. The van der Waals surface area contributed by atoms with Crippen molar-refractivity contribution in [2.75, 3.05) is 0 Å². The molecular weight excluding hydrogens is 284 g/mol. The largest absolute Gasteiger partial charge is 0.352 e. The zero-order valence-electron chi connectivity index (χ0n) is 10.4. The van der Waals surface area contributed by atoms with Crippen LogP contribution in [0.5, 0.6) is 0 Å². The van der Waals surface area contributed by atoms with Crippen molar-refractivity contribution >= 4 is 43.4 Å².